The molecule has 1 aromatic carbocycles. The predicted octanol–water partition coefficient (Wildman–Crippen LogP) is 4.17. The molecule has 0 aliphatic heterocycles. The van der Waals surface area contributed by atoms with Crippen LogP contribution in [0.5, 0.6) is 0 Å². The summed E-state index contributed by atoms with van der Waals surface area (Å²) in [7, 11) is 0. The first-order chi connectivity index (χ1) is 11.6. The first-order valence-electron chi connectivity index (χ1n) is 7.95. The van der Waals surface area contributed by atoms with Crippen LogP contribution in [0.4, 0.5) is 0 Å². The fourth-order valence-corrected chi connectivity index (χ4v) is 4.20. The van der Waals surface area contributed by atoms with Crippen molar-refractivity contribution in [2.45, 2.75) is 37.6 Å². The zero-order valence-corrected chi connectivity index (χ0v) is 14.6. The van der Waals surface area contributed by atoms with Crippen LogP contribution < -0.4 is 5.73 Å². The summed E-state index contributed by atoms with van der Waals surface area (Å²) in [5, 5.41) is 7.67. The SMILES string of the molecule is NC1(c2noc(Cc3csc(-c4ccccc4Cl)n3)n2)CCCC1. The van der Waals surface area contributed by atoms with E-state index in [1.807, 2.05) is 29.6 Å². The maximum atomic E-state index is 6.37. The highest BCUT2D eigenvalue weighted by molar-refractivity contribution is 7.13. The predicted molar refractivity (Wildman–Crippen MR) is 94.0 cm³/mol. The molecule has 1 aliphatic carbocycles. The van der Waals surface area contributed by atoms with Gasteiger partial charge in [-0.2, -0.15) is 4.98 Å². The Balaban J connectivity index is 1.53. The summed E-state index contributed by atoms with van der Waals surface area (Å²) in [4.78, 5) is 9.13. The standard InChI is InChI=1S/C17H17ClN4OS/c18-13-6-2-1-5-12(13)15-20-11(10-24-15)9-14-21-16(22-23-14)17(19)7-3-4-8-17/h1-2,5-6,10H,3-4,7-9,19H2. The molecule has 2 N–H and O–H groups in total. The number of hydrogen-bond donors (Lipinski definition) is 1. The molecule has 0 unspecified atom stereocenters. The Morgan fingerprint density at radius 3 is 2.79 bits per heavy atom. The smallest absolute Gasteiger partial charge is 0.232 e. The molecule has 2 heterocycles. The molecule has 0 atom stereocenters. The Hall–Kier alpha value is -1.76. The Bertz CT molecular complexity index is 854. The molecule has 5 nitrogen and oxygen atoms in total. The topological polar surface area (TPSA) is 77.8 Å². The maximum Gasteiger partial charge on any atom is 0.232 e. The van der Waals surface area contributed by atoms with E-state index < -0.39 is 5.54 Å². The zero-order valence-electron chi connectivity index (χ0n) is 13.0. The van der Waals surface area contributed by atoms with E-state index in [2.05, 4.69) is 15.1 Å². The lowest BCUT2D eigenvalue weighted by molar-refractivity contribution is 0.352. The van der Waals surface area contributed by atoms with Crippen LogP contribution >= 0.6 is 22.9 Å². The molecule has 24 heavy (non-hydrogen) atoms. The molecule has 0 amide bonds. The van der Waals surface area contributed by atoms with Crippen molar-refractivity contribution in [2.75, 3.05) is 0 Å². The van der Waals surface area contributed by atoms with Gasteiger partial charge in [-0.05, 0) is 18.9 Å². The van der Waals surface area contributed by atoms with Gasteiger partial charge in [-0.15, -0.1) is 11.3 Å². The molecule has 0 spiro atoms. The van der Waals surface area contributed by atoms with Crippen molar-refractivity contribution >= 4 is 22.9 Å². The van der Waals surface area contributed by atoms with Gasteiger partial charge >= 0.3 is 0 Å². The molecule has 1 aliphatic rings. The van der Waals surface area contributed by atoms with Crippen LogP contribution in [-0.2, 0) is 12.0 Å². The largest absolute Gasteiger partial charge is 0.339 e. The van der Waals surface area contributed by atoms with Gasteiger partial charge in [-0.1, -0.05) is 47.8 Å². The normalized spacial score (nSPS) is 16.6. The third-order valence-electron chi connectivity index (χ3n) is 4.40. The molecule has 2 aromatic heterocycles. The lowest BCUT2D eigenvalue weighted by atomic mass is 9.99. The van der Waals surface area contributed by atoms with Crippen molar-refractivity contribution in [2.24, 2.45) is 5.73 Å². The third-order valence-corrected chi connectivity index (χ3v) is 5.65. The second-order valence-corrected chi connectivity index (χ2v) is 7.44. The van der Waals surface area contributed by atoms with Gasteiger partial charge in [0.05, 0.1) is 22.7 Å². The van der Waals surface area contributed by atoms with Gasteiger partial charge < -0.3 is 10.3 Å². The second kappa shape index (κ2) is 6.27. The summed E-state index contributed by atoms with van der Waals surface area (Å²) in [6.07, 6.45) is 4.57. The Labute approximate surface area is 148 Å². The highest BCUT2D eigenvalue weighted by Crippen LogP contribution is 2.35. The number of aromatic nitrogens is 3. The lowest BCUT2D eigenvalue weighted by Crippen LogP contribution is -2.34. The molecule has 3 aromatic rings. The lowest BCUT2D eigenvalue weighted by Gasteiger charge is -2.17. The van der Waals surface area contributed by atoms with Crippen molar-refractivity contribution in [1.82, 2.24) is 15.1 Å². The van der Waals surface area contributed by atoms with Gasteiger partial charge in [0.15, 0.2) is 5.82 Å². The highest BCUT2D eigenvalue weighted by atomic mass is 35.5. The molecule has 7 heteroatoms. The third kappa shape index (κ3) is 2.97. The molecule has 1 fully saturated rings. The number of rotatable bonds is 4. The summed E-state index contributed by atoms with van der Waals surface area (Å²) >= 11 is 7.79. The van der Waals surface area contributed by atoms with Gasteiger partial charge in [0, 0.05) is 10.9 Å². The molecule has 1 saturated carbocycles. The molecule has 4 rings (SSSR count). The number of benzene rings is 1. The minimum Gasteiger partial charge on any atom is -0.339 e. The van der Waals surface area contributed by atoms with Gasteiger partial charge in [0.25, 0.3) is 0 Å². The summed E-state index contributed by atoms with van der Waals surface area (Å²) < 4.78 is 5.38. The summed E-state index contributed by atoms with van der Waals surface area (Å²) in [6, 6.07) is 7.69. The number of halogens is 1. The van der Waals surface area contributed by atoms with E-state index in [1.165, 1.54) is 0 Å². The van der Waals surface area contributed by atoms with Crippen LogP contribution in [0.3, 0.4) is 0 Å². The van der Waals surface area contributed by atoms with Crippen molar-refractivity contribution in [3.05, 3.63) is 52.1 Å². The second-order valence-electron chi connectivity index (χ2n) is 6.18. The monoisotopic (exact) mass is 360 g/mol. The van der Waals surface area contributed by atoms with Crippen molar-refractivity contribution in [3.8, 4) is 10.6 Å². The average Bonchev–Trinajstić information content (AvgIpc) is 3.30. The van der Waals surface area contributed by atoms with E-state index in [0.29, 0.717) is 23.2 Å². The summed E-state index contributed by atoms with van der Waals surface area (Å²) in [5.41, 5.74) is 7.78. The van der Waals surface area contributed by atoms with Crippen LogP contribution in [0, 0.1) is 0 Å². The van der Waals surface area contributed by atoms with Gasteiger partial charge in [-0.3, -0.25) is 0 Å². The van der Waals surface area contributed by atoms with Crippen molar-refractivity contribution in [1.29, 1.82) is 0 Å². The first-order valence-corrected chi connectivity index (χ1v) is 9.21. The van der Waals surface area contributed by atoms with Crippen LogP contribution in [0.25, 0.3) is 10.6 Å². The Morgan fingerprint density at radius 1 is 1.21 bits per heavy atom. The van der Waals surface area contributed by atoms with Crippen LogP contribution in [0.15, 0.2) is 34.2 Å². The van der Waals surface area contributed by atoms with Crippen LogP contribution in [0.2, 0.25) is 5.02 Å². The number of nitrogens with zero attached hydrogens (tertiary/aromatic N) is 3. The maximum absolute atomic E-state index is 6.37. The van der Waals surface area contributed by atoms with Crippen molar-refractivity contribution in [3.63, 3.8) is 0 Å². The molecular weight excluding hydrogens is 344 g/mol. The van der Waals surface area contributed by atoms with Gasteiger partial charge in [-0.25, -0.2) is 4.98 Å². The van der Waals surface area contributed by atoms with E-state index in [9.17, 15) is 0 Å². The van der Waals surface area contributed by atoms with Crippen LogP contribution in [0.1, 0.15) is 43.1 Å². The molecule has 0 saturated heterocycles. The van der Waals surface area contributed by atoms with Crippen LogP contribution in [-0.4, -0.2) is 15.1 Å². The molecule has 124 valence electrons. The highest BCUT2D eigenvalue weighted by Gasteiger charge is 2.35. The van der Waals surface area contributed by atoms with Crippen molar-refractivity contribution < 1.29 is 4.52 Å². The molecule has 0 radical (unpaired) electrons. The van der Waals surface area contributed by atoms with E-state index in [4.69, 9.17) is 21.9 Å². The number of nitrogens with two attached hydrogens (primary N) is 1. The van der Waals surface area contributed by atoms with E-state index in [1.54, 1.807) is 11.3 Å². The average molecular weight is 361 g/mol. The minimum absolute atomic E-state index is 0.424. The first kappa shape index (κ1) is 15.7. The quantitative estimate of drug-likeness (QED) is 0.755. The van der Waals surface area contributed by atoms with Gasteiger partial charge in [0.1, 0.15) is 5.01 Å². The zero-order chi connectivity index (χ0) is 16.6. The minimum atomic E-state index is -0.424. The Morgan fingerprint density at radius 2 is 2.00 bits per heavy atom. The number of hydrogen-bond acceptors (Lipinski definition) is 6. The van der Waals surface area contributed by atoms with E-state index >= 15 is 0 Å². The summed E-state index contributed by atoms with van der Waals surface area (Å²) in [5.74, 6) is 1.18. The Kier molecular flexibility index (Phi) is 4.12. The summed E-state index contributed by atoms with van der Waals surface area (Å²) in [6.45, 7) is 0. The fraction of sp³-hybridized carbons (Fsp3) is 0.353. The fourth-order valence-electron chi connectivity index (χ4n) is 3.06. The van der Waals surface area contributed by atoms with E-state index in [0.717, 1.165) is 41.9 Å². The molecular formula is C17H17ClN4OS. The van der Waals surface area contributed by atoms with Gasteiger partial charge in [0.2, 0.25) is 5.89 Å². The molecule has 0 bridgehead atoms. The number of thiazole rings is 1. The van der Waals surface area contributed by atoms with E-state index in [-0.39, 0.29) is 0 Å².